The van der Waals surface area contributed by atoms with Crippen LogP contribution in [0.4, 0.5) is 0 Å². The summed E-state index contributed by atoms with van der Waals surface area (Å²) in [6.45, 7) is 6.25. The Bertz CT molecular complexity index is 401. The van der Waals surface area contributed by atoms with E-state index in [1.165, 1.54) is 0 Å². The van der Waals surface area contributed by atoms with Gasteiger partial charge in [0.2, 0.25) is 0 Å². The number of nitrogens with zero attached hydrogens (tertiary/aromatic N) is 2. The molecule has 1 heterocycles. The van der Waals surface area contributed by atoms with E-state index >= 15 is 0 Å². The average molecular weight is 277 g/mol. The maximum atomic E-state index is 11.5. The predicted octanol–water partition coefficient (Wildman–Crippen LogP) is 3.24. The smallest absolute Gasteiger partial charge is 0.133 e. The minimum atomic E-state index is -0.0635. The minimum absolute atomic E-state index is 0.0635. The third-order valence-electron chi connectivity index (χ3n) is 2.93. The van der Waals surface area contributed by atoms with Crippen molar-refractivity contribution in [1.82, 2.24) is 9.78 Å². The Labute approximate surface area is 112 Å². The van der Waals surface area contributed by atoms with Crippen molar-refractivity contribution in [2.45, 2.75) is 40.2 Å². The number of hydrogen-bond donors (Lipinski definition) is 0. The van der Waals surface area contributed by atoms with Gasteiger partial charge in [-0.2, -0.15) is 5.10 Å². The molecule has 17 heavy (non-hydrogen) atoms. The Morgan fingerprint density at radius 3 is 2.65 bits per heavy atom. The molecule has 0 aromatic carbocycles. The molecule has 0 saturated heterocycles. The molecule has 5 heteroatoms. The standard InChI is InChI=1S/C12H18Cl2N2O/c1-4-16-11(12(14)8(2)15-16)7-10(5-6-13)9(3)17/h10H,4-7H2,1-3H3. The summed E-state index contributed by atoms with van der Waals surface area (Å²) in [7, 11) is 0. The number of carbonyl (C=O) groups is 1. The number of rotatable bonds is 6. The fraction of sp³-hybridized carbons (Fsp3) is 0.667. The van der Waals surface area contributed by atoms with Crippen LogP contribution in [-0.4, -0.2) is 21.4 Å². The van der Waals surface area contributed by atoms with Crippen LogP contribution in [0.5, 0.6) is 0 Å². The molecule has 0 spiro atoms. The van der Waals surface area contributed by atoms with E-state index in [4.69, 9.17) is 23.2 Å². The van der Waals surface area contributed by atoms with Crippen molar-refractivity contribution in [1.29, 1.82) is 0 Å². The van der Waals surface area contributed by atoms with E-state index in [2.05, 4.69) is 5.10 Å². The van der Waals surface area contributed by atoms with Crippen molar-refractivity contribution >= 4 is 29.0 Å². The topological polar surface area (TPSA) is 34.9 Å². The summed E-state index contributed by atoms with van der Waals surface area (Å²) in [5.41, 5.74) is 1.76. The molecule has 0 N–H and O–H groups in total. The Morgan fingerprint density at radius 1 is 1.53 bits per heavy atom. The van der Waals surface area contributed by atoms with E-state index in [-0.39, 0.29) is 11.7 Å². The van der Waals surface area contributed by atoms with Gasteiger partial charge in [0, 0.05) is 24.8 Å². The first-order chi connectivity index (χ1) is 8.01. The highest BCUT2D eigenvalue weighted by Gasteiger charge is 2.20. The SMILES string of the molecule is CCn1nc(C)c(Cl)c1CC(CCCl)C(C)=O. The van der Waals surface area contributed by atoms with Gasteiger partial charge in [0.1, 0.15) is 5.78 Å². The molecule has 0 fully saturated rings. The summed E-state index contributed by atoms with van der Waals surface area (Å²) < 4.78 is 1.86. The summed E-state index contributed by atoms with van der Waals surface area (Å²) in [5.74, 6) is 0.579. The molecule has 1 atom stereocenters. The van der Waals surface area contributed by atoms with Crippen molar-refractivity contribution in [3.05, 3.63) is 16.4 Å². The highest BCUT2D eigenvalue weighted by molar-refractivity contribution is 6.31. The highest BCUT2D eigenvalue weighted by Crippen LogP contribution is 2.24. The molecule has 1 aromatic heterocycles. The lowest BCUT2D eigenvalue weighted by molar-refractivity contribution is -0.120. The van der Waals surface area contributed by atoms with Gasteiger partial charge < -0.3 is 0 Å². The molecular weight excluding hydrogens is 259 g/mol. The molecular formula is C12H18Cl2N2O. The zero-order valence-electron chi connectivity index (χ0n) is 10.5. The van der Waals surface area contributed by atoms with Crippen LogP contribution in [0, 0.1) is 12.8 Å². The molecule has 1 rings (SSSR count). The van der Waals surface area contributed by atoms with Gasteiger partial charge in [-0.25, -0.2) is 0 Å². The van der Waals surface area contributed by atoms with E-state index < -0.39 is 0 Å². The van der Waals surface area contributed by atoms with Crippen molar-refractivity contribution in [2.75, 3.05) is 5.88 Å². The summed E-state index contributed by atoms with van der Waals surface area (Å²) in [4.78, 5) is 11.5. The van der Waals surface area contributed by atoms with Gasteiger partial charge >= 0.3 is 0 Å². The van der Waals surface area contributed by atoms with Gasteiger partial charge in [0.25, 0.3) is 0 Å². The third-order valence-corrected chi connectivity index (χ3v) is 3.63. The zero-order chi connectivity index (χ0) is 13.0. The third kappa shape index (κ3) is 3.46. The monoisotopic (exact) mass is 276 g/mol. The van der Waals surface area contributed by atoms with Crippen LogP contribution in [0.1, 0.15) is 31.7 Å². The average Bonchev–Trinajstić information content (AvgIpc) is 2.55. The molecule has 0 aliphatic carbocycles. The Hall–Kier alpha value is -0.540. The van der Waals surface area contributed by atoms with Gasteiger partial charge in [-0.3, -0.25) is 9.48 Å². The van der Waals surface area contributed by atoms with Crippen LogP contribution in [0.25, 0.3) is 0 Å². The summed E-state index contributed by atoms with van der Waals surface area (Å²) in [6, 6.07) is 0. The number of aryl methyl sites for hydroxylation is 2. The lowest BCUT2D eigenvalue weighted by atomic mass is 9.96. The number of carbonyl (C=O) groups excluding carboxylic acids is 1. The van der Waals surface area contributed by atoms with Gasteiger partial charge in [-0.1, -0.05) is 11.6 Å². The first-order valence-electron chi connectivity index (χ1n) is 5.79. The first-order valence-corrected chi connectivity index (χ1v) is 6.70. The molecule has 3 nitrogen and oxygen atoms in total. The van der Waals surface area contributed by atoms with Crippen LogP contribution in [0.2, 0.25) is 5.02 Å². The number of hydrogen-bond acceptors (Lipinski definition) is 2. The molecule has 0 amide bonds. The van der Waals surface area contributed by atoms with Gasteiger partial charge in [0.15, 0.2) is 0 Å². The molecule has 96 valence electrons. The first kappa shape index (κ1) is 14.5. The number of halogens is 2. The minimum Gasteiger partial charge on any atom is -0.300 e. The maximum absolute atomic E-state index is 11.5. The van der Waals surface area contributed by atoms with E-state index in [1.54, 1.807) is 6.92 Å². The Kier molecular flexibility index (Phi) is 5.47. The fourth-order valence-corrected chi connectivity index (χ4v) is 2.35. The summed E-state index contributed by atoms with van der Waals surface area (Å²) in [5, 5.41) is 5.02. The van der Waals surface area contributed by atoms with E-state index in [9.17, 15) is 4.79 Å². The lowest BCUT2D eigenvalue weighted by Gasteiger charge is -2.13. The predicted molar refractivity (Wildman–Crippen MR) is 70.9 cm³/mol. The zero-order valence-corrected chi connectivity index (χ0v) is 12.0. The second-order valence-corrected chi connectivity index (χ2v) is 4.91. The summed E-state index contributed by atoms with van der Waals surface area (Å²) >= 11 is 11.9. The van der Waals surface area contributed by atoms with Crippen molar-refractivity contribution in [3.8, 4) is 0 Å². The van der Waals surface area contributed by atoms with Crippen molar-refractivity contribution in [2.24, 2.45) is 5.92 Å². The highest BCUT2D eigenvalue weighted by atomic mass is 35.5. The molecule has 0 radical (unpaired) electrons. The second kappa shape index (κ2) is 6.41. The van der Waals surface area contributed by atoms with Crippen LogP contribution in [0.15, 0.2) is 0 Å². The number of Topliss-reactive ketones (excluding diaryl/α,β-unsaturated/α-hetero) is 1. The lowest BCUT2D eigenvalue weighted by Crippen LogP contribution is -2.17. The molecule has 0 bridgehead atoms. The number of ketones is 1. The molecule has 0 saturated carbocycles. The van der Waals surface area contributed by atoms with Gasteiger partial charge in [-0.05, 0) is 27.2 Å². The van der Waals surface area contributed by atoms with Crippen LogP contribution in [0.3, 0.4) is 0 Å². The van der Waals surface area contributed by atoms with Gasteiger partial charge in [0.05, 0.1) is 16.4 Å². The van der Waals surface area contributed by atoms with Crippen LogP contribution < -0.4 is 0 Å². The number of aromatic nitrogens is 2. The fourth-order valence-electron chi connectivity index (χ4n) is 1.88. The van der Waals surface area contributed by atoms with Crippen LogP contribution >= 0.6 is 23.2 Å². The Morgan fingerprint density at radius 2 is 2.18 bits per heavy atom. The van der Waals surface area contributed by atoms with Crippen LogP contribution in [-0.2, 0) is 17.8 Å². The molecule has 1 aromatic rings. The second-order valence-electron chi connectivity index (χ2n) is 4.15. The molecule has 0 aliphatic heterocycles. The van der Waals surface area contributed by atoms with E-state index in [1.807, 2.05) is 18.5 Å². The van der Waals surface area contributed by atoms with E-state index in [0.717, 1.165) is 17.9 Å². The largest absolute Gasteiger partial charge is 0.300 e. The number of alkyl halides is 1. The van der Waals surface area contributed by atoms with E-state index in [0.29, 0.717) is 23.7 Å². The molecule has 1 unspecified atom stereocenters. The van der Waals surface area contributed by atoms with Crippen molar-refractivity contribution < 1.29 is 4.79 Å². The van der Waals surface area contributed by atoms with Crippen molar-refractivity contribution in [3.63, 3.8) is 0 Å². The summed E-state index contributed by atoms with van der Waals surface area (Å²) in [6.07, 6.45) is 1.30. The Balaban J connectivity index is 2.95. The maximum Gasteiger partial charge on any atom is 0.133 e. The normalized spacial score (nSPS) is 12.8. The molecule has 0 aliphatic rings. The van der Waals surface area contributed by atoms with Gasteiger partial charge in [-0.15, -0.1) is 11.6 Å². The quantitative estimate of drug-likeness (QED) is 0.748.